The van der Waals surface area contributed by atoms with Crippen LogP contribution < -0.4 is 0 Å². The summed E-state index contributed by atoms with van der Waals surface area (Å²) in [5, 5.41) is 21.1. The maximum Gasteiger partial charge on any atom is 0.130 e. The highest BCUT2D eigenvalue weighted by Crippen LogP contribution is 2.68. The van der Waals surface area contributed by atoms with Crippen LogP contribution in [-0.4, -0.2) is 21.9 Å². The van der Waals surface area contributed by atoms with E-state index in [-0.39, 0.29) is 11.5 Å². The van der Waals surface area contributed by atoms with Crippen molar-refractivity contribution >= 4 is 0 Å². The number of fused-ring (bicyclic) bond motifs is 5. The second kappa shape index (κ2) is 4.99. The van der Waals surface area contributed by atoms with E-state index in [2.05, 4.69) is 19.8 Å². The summed E-state index contributed by atoms with van der Waals surface area (Å²) in [7, 11) is 0. The highest BCUT2D eigenvalue weighted by molar-refractivity contribution is 5.23. The molecular weight excluding hydrogens is 284 g/mol. The van der Waals surface area contributed by atoms with Gasteiger partial charge in [0.2, 0.25) is 0 Å². The van der Waals surface area contributed by atoms with Crippen molar-refractivity contribution in [1.29, 1.82) is 0 Å². The van der Waals surface area contributed by atoms with Crippen LogP contribution in [0.15, 0.2) is 0 Å². The minimum atomic E-state index is -0.886. The van der Waals surface area contributed by atoms with E-state index >= 15 is 0 Å². The lowest BCUT2D eigenvalue weighted by molar-refractivity contribution is -0.144. The Morgan fingerprint density at radius 3 is 2.43 bits per heavy atom. The van der Waals surface area contributed by atoms with Gasteiger partial charge in [0.05, 0.1) is 6.10 Å². The van der Waals surface area contributed by atoms with Gasteiger partial charge in [0.25, 0.3) is 0 Å². The van der Waals surface area contributed by atoms with Gasteiger partial charge in [0, 0.05) is 5.41 Å². The summed E-state index contributed by atoms with van der Waals surface area (Å²) in [5.74, 6) is 5.56. The molecule has 8 atom stereocenters. The van der Waals surface area contributed by atoms with Gasteiger partial charge in [-0.05, 0) is 86.9 Å². The second-order valence-corrected chi connectivity index (χ2v) is 9.58. The molecule has 128 valence electrons. The molecule has 0 radical (unpaired) electrons. The molecule has 0 bridgehead atoms. The summed E-state index contributed by atoms with van der Waals surface area (Å²) in [6.07, 6.45) is 15.6. The molecule has 2 heteroatoms. The summed E-state index contributed by atoms with van der Waals surface area (Å²) >= 11 is 0. The zero-order chi connectivity index (χ0) is 16.5. The van der Waals surface area contributed by atoms with Crippen LogP contribution in [0.5, 0.6) is 0 Å². The van der Waals surface area contributed by atoms with Crippen LogP contribution in [0.2, 0.25) is 0 Å². The van der Waals surface area contributed by atoms with Gasteiger partial charge in [-0.15, -0.1) is 6.42 Å². The maximum absolute atomic E-state index is 11.0. The molecule has 0 heterocycles. The van der Waals surface area contributed by atoms with E-state index in [1.165, 1.54) is 25.7 Å². The zero-order valence-corrected chi connectivity index (χ0v) is 14.7. The van der Waals surface area contributed by atoms with Gasteiger partial charge in [-0.1, -0.05) is 19.8 Å². The third-order valence-corrected chi connectivity index (χ3v) is 9.03. The van der Waals surface area contributed by atoms with Crippen LogP contribution in [0.25, 0.3) is 0 Å². The molecule has 0 unspecified atom stereocenters. The molecule has 4 saturated carbocycles. The molecule has 2 N–H and O–H groups in total. The van der Waals surface area contributed by atoms with Crippen LogP contribution in [0, 0.1) is 46.8 Å². The van der Waals surface area contributed by atoms with Crippen LogP contribution in [0.3, 0.4) is 0 Å². The van der Waals surface area contributed by atoms with E-state index in [4.69, 9.17) is 6.42 Å². The smallest absolute Gasteiger partial charge is 0.130 e. The van der Waals surface area contributed by atoms with Crippen LogP contribution in [0.1, 0.15) is 71.6 Å². The van der Waals surface area contributed by atoms with Crippen molar-refractivity contribution in [1.82, 2.24) is 0 Å². The molecule has 0 spiro atoms. The number of aliphatic hydroxyl groups excluding tert-OH is 1. The van der Waals surface area contributed by atoms with Gasteiger partial charge in [-0.3, -0.25) is 0 Å². The van der Waals surface area contributed by atoms with E-state index in [1.54, 1.807) is 0 Å². The summed E-state index contributed by atoms with van der Waals surface area (Å²) in [4.78, 5) is 0. The van der Waals surface area contributed by atoms with Crippen LogP contribution >= 0.6 is 0 Å². The number of rotatable bonds is 0. The standard InChI is InChI=1S/C21H32O2/c1-4-21(23)12-9-18-16-6-5-14-13-15(22)7-10-19(14,2)17(16)8-11-20(18,21)3/h1,14-18,22-23H,5-13H2,2-3H3/t14-,15+,16-,17+,18+,19+,20+,21+/m1/s1. The van der Waals surface area contributed by atoms with E-state index in [0.29, 0.717) is 17.3 Å². The van der Waals surface area contributed by atoms with Gasteiger partial charge >= 0.3 is 0 Å². The van der Waals surface area contributed by atoms with Crippen molar-refractivity contribution in [3.05, 3.63) is 0 Å². The minimum absolute atomic E-state index is 0.0727. The fourth-order valence-corrected chi connectivity index (χ4v) is 7.49. The Kier molecular flexibility index (Phi) is 3.47. The first-order valence-corrected chi connectivity index (χ1v) is 9.72. The zero-order valence-electron chi connectivity index (χ0n) is 14.7. The average Bonchev–Trinajstić information content (AvgIpc) is 2.80. The number of hydrogen-bond donors (Lipinski definition) is 2. The lowest BCUT2D eigenvalue weighted by Gasteiger charge is -2.61. The highest BCUT2D eigenvalue weighted by Gasteiger charge is 2.64. The first-order chi connectivity index (χ1) is 10.8. The molecule has 0 aromatic heterocycles. The second-order valence-electron chi connectivity index (χ2n) is 9.58. The normalized spacial score (nSPS) is 58.7. The average molecular weight is 316 g/mol. The third kappa shape index (κ3) is 1.96. The molecule has 0 aromatic carbocycles. The molecule has 0 aliphatic heterocycles. The van der Waals surface area contributed by atoms with Crippen LogP contribution in [-0.2, 0) is 0 Å². The highest BCUT2D eigenvalue weighted by atomic mass is 16.3. The molecule has 23 heavy (non-hydrogen) atoms. The van der Waals surface area contributed by atoms with Gasteiger partial charge < -0.3 is 10.2 Å². The predicted molar refractivity (Wildman–Crippen MR) is 91.5 cm³/mol. The van der Waals surface area contributed by atoms with E-state index in [0.717, 1.165) is 43.9 Å². The molecule has 0 saturated heterocycles. The summed E-state index contributed by atoms with van der Waals surface area (Å²) in [6.45, 7) is 4.77. The summed E-state index contributed by atoms with van der Waals surface area (Å²) in [6, 6.07) is 0. The quantitative estimate of drug-likeness (QED) is 0.668. The van der Waals surface area contributed by atoms with Crippen molar-refractivity contribution in [2.75, 3.05) is 0 Å². The predicted octanol–water partition coefficient (Wildman–Crippen LogP) is 3.75. The number of terminal acetylenes is 1. The molecule has 4 aliphatic rings. The molecule has 4 rings (SSSR count). The van der Waals surface area contributed by atoms with Gasteiger partial charge in [-0.25, -0.2) is 0 Å². The first-order valence-electron chi connectivity index (χ1n) is 9.72. The Labute approximate surface area is 141 Å². The fraction of sp³-hybridized carbons (Fsp3) is 0.905. The van der Waals surface area contributed by atoms with Crippen molar-refractivity contribution in [3.8, 4) is 12.3 Å². The maximum atomic E-state index is 11.0. The van der Waals surface area contributed by atoms with E-state index in [9.17, 15) is 10.2 Å². The number of hydrogen-bond acceptors (Lipinski definition) is 2. The Morgan fingerprint density at radius 1 is 0.957 bits per heavy atom. The molecule has 0 amide bonds. The number of aliphatic hydroxyl groups is 2. The lowest BCUT2D eigenvalue weighted by Crippen LogP contribution is -2.56. The van der Waals surface area contributed by atoms with E-state index in [1.807, 2.05) is 0 Å². The fourth-order valence-electron chi connectivity index (χ4n) is 7.49. The molecule has 2 nitrogen and oxygen atoms in total. The van der Waals surface area contributed by atoms with Crippen molar-refractivity contribution in [2.45, 2.75) is 83.3 Å². The first kappa shape index (κ1) is 16.0. The lowest BCUT2D eigenvalue weighted by atomic mass is 9.44. The molecule has 0 aromatic rings. The monoisotopic (exact) mass is 316 g/mol. The Balaban J connectivity index is 1.65. The molecular formula is C21H32O2. The minimum Gasteiger partial charge on any atom is -0.393 e. The van der Waals surface area contributed by atoms with Crippen molar-refractivity contribution < 1.29 is 10.2 Å². The summed E-state index contributed by atoms with van der Waals surface area (Å²) in [5.41, 5.74) is -0.566. The van der Waals surface area contributed by atoms with Crippen LogP contribution in [0.4, 0.5) is 0 Å². The molecule has 4 fully saturated rings. The Hall–Kier alpha value is -0.520. The van der Waals surface area contributed by atoms with Crippen molar-refractivity contribution in [3.63, 3.8) is 0 Å². The topological polar surface area (TPSA) is 40.5 Å². The Morgan fingerprint density at radius 2 is 1.70 bits per heavy atom. The summed E-state index contributed by atoms with van der Waals surface area (Å²) < 4.78 is 0. The van der Waals surface area contributed by atoms with E-state index < -0.39 is 5.60 Å². The SMILES string of the molecule is C#C[C@]1(O)CC[C@H]2[C@@H]3CC[C@@H]4C[C@@H](O)CC[C@]4(C)[C@H]3CC[C@@]21C. The third-order valence-electron chi connectivity index (χ3n) is 9.03. The van der Waals surface area contributed by atoms with Gasteiger partial charge in [0.15, 0.2) is 0 Å². The van der Waals surface area contributed by atoms with Crippen molar-refractivity contribution in [2.24, 2.45) is 34.5 Å². The Bertz CT molecular complexity index is 536. The molecule has 4 aliphatic carbocycles. The van der Waals surface area contributed by atoms with Gasteiger partial charge in [0.1, 0.15) is 5.60 Å². The van der Waals surface area contributed by atoms with Gasteiger partial charge in [-0.2, -0.15) is 0 Å². The largest absolute Gasteiger partial charge is 0.393 e.